The molecule has 0 aromatic heterocycles. The van der Waals surface area contributed by atoms with Gasteiger partial charge in [-0.2, -0.15) is 39.5 Å². The molecule has 0 amide bonds. The Morgan fingerprint density at radius 1 is 0.443 bits per heavy atom. The molecule has 1 radical (unpaired) electrons. The topological polar surface area (TPSA) is 18.5 Å². The molecule has 423 valence electrons. The van der Waals surface area contributed by atoms with Gasteiger partial charge in [0.1, 0.15) is 11.5 Å². The summed E-state index contributed by atoms with van der Waals surface area (Å²) < 4.78 is 13.4. The van der Waals surface area contributed by atoms with Crippen molar-refractivity contribution in [1.82, 2.24) is 0 Å². The smallest absolute Gasteiger partial charge is 0.253 e. The van der Waals surface area contributed by atoms with Crippen LogP contribution >= 0.6 is 0 Å². The molecule has 4 aliphatic carbocycles. The summed E-state index contributed by atoms with van der Waals surface area (Å²) in [6, 6.07) is 52.6. The minimum absolute atomic E-state index is 0. The fourth-order valence-corrected chi connectivity index (χ4v) is 14.6. The molecule has 2 saturated carbocycles. The van der Waals surface area contributed by atoms with E-state index < -0.39 is 5.79 Å². The Hall–Kier alpha value is -3.98. The molecule has 0 saturated heterocycles. The van der Waals surface area contributed by atoms with Gasteiger partial charge < -0.3 is 21.3 Å². The van der Waals surface area contributed by atoms with Crippen LogP contribution in [-0.4, -0.2) is 5.79 Å². The maximum Gasteiger partial charge on any atom is 0.253 e. The molecule has 79 heavy (non-hydrogen) atoms. The molecule has 3 heteroatoms. The van der Waals surface area contributed by atoms with E-state index in [2.05, 4.69) is 230 Å². The molecule has 4 atom stereocenters. The van der Waals surface area contributed by atoms with Crippen LogP contribution in [0.15, 0.2) is 146 Å². The monoisotopic (exact) mass is 1140 g/mol. The van der Waals surface area contributed by atoms with Crippen molar-refractivity contribution in [3.63, 3.8) is 0 Å². The number of para-hydroxylation sites is 2. The van der Waals surface area contributed by atoms with Crippen molar-refractivity contribution in [3.05, 3.63) is 213 Å². The summed E-state index contributed by atoms with van der Waals surface area (Å²) in [5.74, 6) is 6.82. The van der Waals surface area contributed by atoms with Crippen LogP contribution < -0.4 is 9.47 Å². The summed E-state index contributed by atoms with van der Waals surface area (Å²) in [4.78, 5) is 0. The van der Waals surface area contributed by atoms with Gasteiger partial charge in [-0.05, 0) is 94.9 Å². The van der Waals surface area contributed by atoms with Gasteiger partial charge in [0.25, 0.3) is 5.79 Å². The average molecular weight is 1140 g/mol. The van der Waals surface area contributed by atoms with Gasteiger partial charge in [0.2, 0.25) is 0 Å². The zero-order chi connectivity index (χ0) is 56.8. The quantitative estimate of drug-likeness (QED) is 0.161. The van der Waals surface area contributed by atoms with Gasteiger partial charge in [0.05, 0.1) is 0 Å². The average Bonchev–Trinajstić information content (AvgIpc) is 3.57. The fourth-order valence-electron chi connectivity index (χ4n) is 14.6. The van der Waals surface area contributed by atoms with Crippen LogP contribution in [0.5, 0.6) is 11.5 Å². The predicted octanol–water partition coefficient (Wildman–Crippen LogP) is 21.8. The Morgan fingerprint density at radius 2 is 0.785 bits per heavy atom. The number of hydrogen-bond donors (Lipinski definition) is 0. The maximum atomic E-state index is 6.70. The third kappa shape index (κ3) is 14.3. The summed E-state index contributed by atoms with van der Waals surface area (Å²) in [5.41, 5.74) is 16.0. The van der Waals surface area contributed by atoms with Crippen LogP contribution in [0.2, 0.25) is 0 Å². The second-order valence-corrected chi connectivity index (χ2v) is 27.0. The number of rotatable bonds is 2. The molecule has 2 fully saturated rings. The first-order valence-electron chi connectivity index (χ1n) is 30.5. The molecule has 4 unspecified atom stereocenters. The van der Waals surface area contributed by atoms with E-state index in [4.69, 9.17) is 9.47 Å². The predicted molar refractivity (Wildman–Crippen MR) is 335 cm³/mol. The molecular weight excluding hydrogens is 1030 g/mol. The van der Waals surface area contributed by atoms with Crippen LogP contribution in [0.1, 0.15) is 242 Å². The number of ether oxygens (including phenoxy) is 2. The van der Waals surface area contributed by atoms with Gasteiger partial charge in [-0.15, -0.1) is 0 Å². The van der Waals surface area contributed by atoms with Crippen molar-refractivity contribution in [2.45, 2.75) is 223 Å². The zero-order valence-corrected chi connectivity index (χ0v) is 55.5. The molecule has 6 aromatic rings. The first-order chi connectivity index (χ1) is 37.0. The molecule has 0 bridgehead atoms. The maximum absolute atomic E-state index is 6.70. The van der Waals surface area contributed by atoms with Crippen LogP contribution in [0.4, 0.5) is 0 Å². The normalized spacial score (nSPS) is 24.6. The summed E-state index contributed by atoms with van der Waals surface area (Å²) >= 11 is 0. The Morgan fingerprint density at radius 3 is 1.13 bits per heavy atom. The Labute approximate surface area is 508 Å². The zero-order valence-electron chi connectivity index (χ0n) is 52.6. The van der Waals surface area contributed by atoms with Crippen LogP contribution in [0, 0.1) is 48.3 Å². The SMILES string of the molecule is CC.CC.C[C-]1CCC(C)C(C)(C)C1.C[C-]1CCC(C)C(C)(C)C1.Cc1ccc2c(c1)C1(CC2(C)C)CC(C)(C)c2ccc(C)cc21.[Y].c1ccc(C2CC3(CC(c4ccccc4)c4ccccc4O3)Oc3ccccc32)cc1. The van der Waals surface area contributed by atoms with E-state index in [0.29, 0.717) is 10.8 Å². The Balaban J connectivity index is 0.000000184. The number of aryl methyl sites for hydroxylation is 2. The van der Waals surface area contributed by atoms with Gasteiger partial charge in [-0.3, -0.25) is 0 Å². The van der Waals surface area contributed by atoms with Crippen molar-refractivity contribution in [1.29, 1.82) is 0 Å². The molecule has 0 N–H and O–H groups in total. The van der Waals surface area contributed by atoms with E-state index in [0.717, 1.165) is 36.2 Å². The summed E-state index contributed by atoms with van der Waals surface area (Å²) in [6.45, 7) is 41.1. The number of hydrogen-bond acceptors (Lipinski definition) is 2. The summed E-state index contributed by atoms with van der Waals surface area (Å²) in [6.07, 6.45) is 12.3. The summed E-state index contributed by atoms with van der Waals surface area (Å²) in [5, 5.41) is 0. The summed E-state index contributed by atoms with van der Waals surface area (Å²) in [7, 11) is 0. The van der Waals surface area contributed by atoms with Crippen LogP contribution in [-0.2, 0) is 49.0 Å². The molecule has 2 heterocycles. The molecule has 6 aliphatic rings. The van der Waals surface area contributed by atoms with Gasteiger partial charge in [-0.1, -0.05) is 265 Å². The van der Waals surface area contributed by atoms with Gasteiger partial charge >= 0.3 is 0 Å². The van der Waals surface area contributed by atoms with Crippen molar-refractivity contribution < 1.29 is 42.2 Å². The van der Waals surface area contributed by atoms with Crippen LogP contribution in [0.3, 0.4) is 0 Å². The largest absolute Gasteiger partial charge is 0.452 e. The van der Waals surface area contributed by atoms with E-state index in [1.54, 1.807) is 34.1 Å². The van der Waals surface area contributed by atoms with Crippen molar-refractivity contribution in [2.75, 3.05) is 0 Å². The van der Waals surface area contributed by atoms with Crippen molar-refractivity contribution >= 4 is 0 Å². The number of benzene rings is 6. The first kappa shape index (κ1) is 64.2. The van der Waals surface area contributed by atoms with Gasteiger partial charge in [0.15, 0.2) is 0 Å². The molecular formula is C76H102O2Y-2. The third-order valence-electron chi connectivity index (χ3n) is 19.1. The van der Waals surface area contributed by atoms with E-state index >= 15 is 0 Å². The van der Waals surface area contributed by atoms with E-state index in [1.807, 2.05) is 39.8 Å². The molecule has 2 nitrogen and oxygen atoms in total. The standard InChI is InChI=1S/C29H24O2.C23H28.2C10H19.2C2H6.Y/c1-3-11-21(12-4-1)25-19-29(30-27-17-9-7-15-23(25)27)20-26(22-13-5-2-6-14-22)24-16-8-10-18-28(24)31-29;1-15-7-9-17-19(11-15)23(13-21(17,3)4)14-22(5,6)18-10-8-16(2)12-20(18)23;2*1-8-5-6-9(2)10(3,4)7-8;2*1-2;/h1-18,25-26H,19-20H2;7-12H,13-14H2,1-6H3;2*9H,5-7H2,1-4H3;2*1-2H3;/q;;2*-1;;;. The van der Waals surface area contributed by atoms with E-state index in [1.165, 1.54) is 84.7 Å². The third-order valence-corrected chi connectivity index (χ3v) is 19.1. The van der Waals surface area contributed by atoms with E-state index in [-0.39, 0.29) is 60.8 Å². The van der Waals surface area contributed by atoms with Crippen molar-refractivity contribution in [3.8, 4) is 11.5 Å². The van der Waals surface area contributed by atoms with E-state index in [9.17, 15) is 0 Å². The minimum atomic E-state index is -0.705. The molecule has 6 aromatic carbocycles. The Kier molecular flexibility index (Phi) is 21.5. The van der Waals surface area contributed by atoms with Crippen LogP contribution in [0.25, 0.3) is 0 Å². The van der Waals surface area contributed by atoms with Gasteiger partial charge in [0, 0.05) is 73.9 Å². The minimum Gasteiger partial charge on any atom is -0.452 e. The second-order valence-electron chi connectivity index (χ2n) is 27.0. The Bertz CT molecular complexity index is 2670. The first-order valence-corrected chi connectivity index (χ1v) is 30.5. The number of fused-ring (bicyclic) bond motifs is 6. The molecule has 12 rings (SSSR count). The second kappa shape index (κ2) is 26.5. The fraction of sp³-hybridized carbons (Fsp3) is 0.500. The molecule has 2 spiro atoms. The van der Waals surface area contributed by atoms with Crippen molar-refractivity contribution in [2.24, 2.45) is 22.7 Å². The van der Waals surface area contributed by atoms with Gasteiger partial charge in [-0.25, -0.2) is 0 Å². The molecule has 2 aliphatic heterocycles.